The van der Waals surface area contributed by atoms with Crippen LogP contribution >= 0.6 is 11.8 Å². The summed E-state index contributed by atoms with van der Waals surface area (Å²) in [6, 6.07) is 19.1. The summed E-state index contributed by atoms with van der Waals surface area (Å²) in [6.07, 6.45) is -1.45. The van der Waals surface area contributed by atoms with Crippen LogP contribution in [-0.4, -0.2) is 61.6 Å². The summed E-state index contributed by atoms with van der Waals surface area (Å²) in [5, 5.41) is 27.2. The highest BCUT2D eigenvalue weighted by molar-refractivity contribution is 8.00. The fourth-order valence-electron chi connectivity index (χ4n) is 4.90. The van der Waals surface area contributed by atoms with Crippen molar-refractivity contribution in [2.45, 2.75) is 56.7 Å². The summed E-state index contributed by atoms with van der Waals surface area (Å²) < 4.78 is -0.614. The van der Waals surface area contributed by atoms with Crippen LogP contribution in [0.3, 0.4) is 0 Å². The molecular weight excluding hydrogens is 540 g/mol. The number of aliphatic hydroxyl groups excluding tert-OH is 1. The van der Waals surface area contributed by atoms with Crippen molar-refractivity contribution < 1.29 is 24.6 Å². The average Bonchev–Trinajstić information content (AvgIpc) is 3.28. The zero-order valence-electron chi connectivity index (χ0n) is 23.3. The van der Waals surface area contributed by atoms with Gasteiger partial charge in [-0.05, 0) is 62.6 Å². The van der Waals surface area contributed by atoms with E-state index in [9.17, 15) is 24.6 Å². The van der Waals surface area contributed by atoms with E-state index in [2.05, 4.69) is 10.6 Å². The van der Waals surface area contributed by atoms with E-state index in [1.807, 2.05) is 56.3 Å². The number of nitrogens with two attached hydrogens (primary N) is 1. The molecule has 0 spiro atoms. The van der Waals surface area contributed by atoms with Gasteiger partial charge in [0.15, 0.2) is 6.10 Å². The number of hydrogen-bond acceptors (Lipinski definition) is 7. The zero-order chi connectivity index (χ0) is 29.7. The normalized spacial score (nSPS) is 17.5. The van der Waals surface area contributed by atoms with Crippen LogP contribution in [0.25, 0.3) is 0 Å². The highest BCUT2D eigenvalue weighted by Crippen LogP contribution is 2.40. The molecule has 1 aliphatic heterocycles. The van der Waals surface area contributed by atoms with Gasteiger partial charge < -0.3 is 31.5 Å². The standard InChI is InChI=1S/C31H36N4O5S/c1-19-23(10-7-11-25(19)36)28(38)34-24(16-20-8-5-4-6-9-20)26(37)30(40)35-18-41-31(2,3)27(35)29(39)33-17-21-12-14-22(32)15-13-21/h4-15,24,26-27,36-37H,16-18,32H2,1-3H3,(H,33,39)(H,34,38)/t24-,26-,27?/m0/s1. The minimum absolute atomic E-state index is 0.0296. The number of hydrogen-bond donors (Lipinski definition) is 5. The van der Waals surface area contributed by atoms with Crippen LogP contribution in [0.1, 0.15) is 40.9 Å². The number of rotatable bonds is 9. The van der Waals surface area contributed by atoms with Crippen LogP contribution in [0.2, 0.25) is 0 Å². The predicted octanol–water partition coefficient (Wildman–Crippen LogP) is 2.98. The van der Waals surface area contributed by atoms with Gasteiger partial charge in [0.25, 0.3) is 11.8 Å². The Labute approximate surface area is 244 Å². The van der Waals surface area contributed by atoms with E-state index in [4.69, 9.17) is 5.73 Å². The summed E-state index contributed by atoms with van der Waals surface area (Å²) in [5.74, 6) is -1.33. The first kappa shape index (κ1) is 30.0. The lowest BCUT2D eigenvalue weighted by atomic mass is 9.96. The molecule has 0 radical (unpaired) electrons. The molecule has 4 rings (SSSR count). The van der Waals surface area contributed by atoms with Crippen LogP contribution in [-0.2, 0) is 22.6 Å². The second-order valence-corrected chi connectivity index (χ2v) is 12.3. The maximum absolute atomic E-state index is 13.8. The molecule has 3 aromatic carbocycles. The third-order valence-corrected chi connectivity index (χ3v) is 8.70. The molecule has 1 fully saturated rings. The van der Waals surface area contributed by atoms with Gasteiger partial charge in [0.1, 0.15) is 11.8 Å². The van der Waals surface area contributed by atoms with Gasteiger partial charge in [0, 0.05) is 28.1 Å². The van der Waals surface area contributed by atoms with Crippen molar-refractivity contribution in [1.29, 1.82) is 0 Å². The Balaban J connectivity index is 1.55. The Hall–Kier alpha value is -4.02. The second kappa shape index (κ2) is 12.7. The fourth-order valence-corrected chi connectivity index (χ4v) is 6.04. The molecule has 0 bridgehead atoms. The number of phenols is 1. The molecule has 6 N–H and O–H groups in total. The SMILES string of the molecule is Cc1c(O)cccc1C(=O)N[C@@H](Cc1ccccc1)[C@H](O)C(=O)N1CSC(C)(C)C1C(=O)NCc1ccc(N)cc1. The third-order valence-electron chi connectivity index (χ3n) is 7.32. The number of anilines is 1. The predicted molar refractivity (Wildman–Crippen MR) is 160 cm³/mol. The Morgan fingerprint density at radius 1 is 1.02 bits per heavy atom. The van der Waals surface area contributed by atoms with E-state index >= 15 is 0 Å². The molecule has 10 heteroatoms. The number of aromatic hydroxyl groups is 1. The zero-order valence-corrected chi connectivity index (χ0v) is 24.2. The molecule has 1 unspecified atom stereocenters. The van der Waals surface area contributed by atoms with Crippen molar-refractivity contribution in [3.63, 3.8) is 0 Å². The maximum Gasteiger partial charge on any atom is 0.254 e. The highest BCUT2D eigenvalue weighted by Gasteiger charge is 2.49. The number of nitrogens with zero attached hydrogens (tertiary/aromatic N) is 1. The molecule has 3 atom stereocenters. The molecule has 1 aliphatic rings. The number of carbonyl (C=O) groups excluding carboxylic acids is 3. The van der Waals surface area contributed by atoms with Gasteiger partial charge >= 0.3 is 0 Å². The molecule has 0 saturated carbocycles. The van der Waals surface area contributed by atoms with Crippen LogP contribution in [0.5, 0.6) is 5.75 Å². The first-order valence-electron chi connectivity index (χ1n) is 13.4. The van der Waals surface area contributed by atoms with E-state index < -0.39 is 34.7 Å². The number of benzene rings is 3. The minimum atomic E-state index is -1.63. The van der Waals surface area contributed by atoms with Crippen LogP contribution in [0, 0.1) is 6.92 Å². The van der Waals surface area contributed by atoms with Gasteiger partial charge in [-0.1, -0.05) is 48.5 Å². The number of nitrogen functional groups attached to an aromatic ring is 1. The topological polar surface area (TPSA) is 145 Å². The van der Waals surface area contributed by atoms with Gasteiger partial charge in [-0.2, -0.15) is 0 Å². The molecule has 41 heavy (non-hydrogen) atoms. The monoisotopic (exact) mass is 576 g/mol. The number of nitrogens with one attached hydrogen (secondary N) is 2. The fraction of sp³-hybridized carbons (Fsp3) is 0.323. The summed E-state index contributed by atoms with van der Waals surface area (Å²) in [5.41, 5.74) is 8.67. The molecule has 216 valence electrons. The molecule has 3 amide bonds. The van der Waals surface area contributed by atoms with E-state index in [1.54, 1.807) is 31.2 Å². The molecule has 3 aromatic rings. The van der Waals surface area contributed by atoms with Gasteiger partial charge in [0.05, 0.1) is 11.9 Å². The molecular formula is C31H36N4O5S. The Morgan fingerprint density at radius 3 is 2.39 bits per heavy atom. The molecule has 0 aliphatic carbocycles. The first-order valence-corrected chi connectivity index (χ1v) is 14.3. The Morgan fingerprint density at radius 2 is 1.71 bits per heavy atom. The third kappa shape index (κ3) is 7.01. The number of amides is 3. The number of thioether (sulfide) groups is 1. The summed E-state index contributed by atoms with van der Waals surface area (Å²) in [4.78, 5) is 41.9. The van der Waals surface area contributed by atoms with Crippen molar-refractivity contribution in [3.8, 4) is 5.75 Å². The lowest BCUT2D eigenvalue weighted by molar-refractivity contribution is -0.147. The molecule has 1 saturated heterocycles. The van der Waals surface area contributed by atoms with E-state index in [-0.39, 0.29) is 36.1 Å². The highest BCUT2D eigenvalue weighted by atomic mass is 32.2. The van der Waals surface area contributed by atoms with Gasteiger partial charge in [-0.25, -0.2) is 0 Å². The van der Waals surface area contributed by atoms with E-state index in [0.717, 1.165) is 11.1 Å². The Bertz CT molecular complexity index is 1400. The molecule has 0 aromatic heterocycles. The summed E-state index contributed by atoms with van der Waals surface area (Å²) in [6.45, 7) is 5.66. The average molecular weight is 577 g/mol. The van der Waals surface area contributed by atoms with E-state index in [1.165, 1.54) is 22.7 Å². The molecule has 9 nitrogen and oxygen atoms in total. The quantitative estimate of drug-likeness (QED) is 0.246. The Kier molecular flexibility index (Phi) is 9.25. The molecule has 1 heterocycles. The van der Waals surface area contributed by atoms with Crippen LogP contribution in [0.4, 0.5) is 5.69 Å². The van der Waals surface area contributed by atoms with Gasteiger partial charge in [-0.3, -0.25) is 14.4 Å². The summed E-state index contributed by atoms with van der Waals surface area (Å²) in [7, 11) is 0. The largest absolute Gasteiger partial charge is 0.508 e. The first-order chi connectivity index (χ1) is 19.5. The van der Waals surface area contributed by atoms with Gasteiger partial charge in [-0.15, -0.1) is 11.8 Å². The minimum Gasteiger partial charge on any atom is -0.508 e. The summed E-state index contributed by atoms with van der Waals surface area (Å²) >= 11 is 1.44. The van der Waals surface area contributed by atoms with Crippen molar-refractivity contribution in [2.75, 3.05) is 11.6 Å². The lowest BCUT2D eigenvalue weighted by Crippen LogP contribution is -2.58. The number of aliphatic hydroxyl groups is 1. The number of carbonyl (C=O) groups is 3. The van der Waals surface area contributed by atoms with Crippen molar-refractivity contribution in [1.82, 2.24) is 15.5 Å². The lowest BCUT2D eigenvalue weighted by Gasteiger charge is -2.33. The van der Waals surface area contributed by atoms with Crippen LogP contribution in [0.15, 0.2) is 72.8 Å². The van der Waals surface area contributed by atoms with Gasteiger partial charge in [0.2, 0.25) is 5.91 Å². The number of phenolic OH excluding ortho intramolecular Hbond substituents is 1. The second-order valence-electron chi connectivity index (χ2n) is 10.7. The van der Waals surface area contributed by atoms with E-state index in [0.29, 0.717) is 11.3 Å². The van der Waals surface area contributed by atoms with Crippen molar-refractivity contribution in [3.05, 3.63) is 95.1 Å². The maximum atomic E-state index is 13.8. The smallest absolute Gasteiger partial charge is 0.254 e. The van der Waals surface area contributed by atoms with Crippen molar-refractivity contribution in [2.24, 2.45) is 0 Å². The van der Waals surface area contributed by atoms with Crippen molar-refractivity contribution >= 4 is 35.2 Å². The van der Waals surface area contributed by atoms with Crippen LogP contribution < -0.4 is 16.4 Å².